The van der Waals surface area contributed by atoms with Crippen molar-refractivity contribution in [1.82, 2.24) is 0 Å². The fourth-order valence-corrected chi connectivity index (χ4v) is 5.13. The Morgan fingerprint density at radius 1 is 1.21 bits per heavy atom. The number of esters is 1. The first-order valence-electron chi connectivity index (χ1n) is 7.74. The van der Waals surface area contributed by atoms with Crippen molar-refractivity contribution in [3.63, 3.8) is 0 Å². The van der Waals surface area contributed by atoms with Gasteiger partial charge in [0.05, 0.1) is 6.42 Å². The quantitative estimate of drug-likeness (QED) is 0.781. The van der Waals surface area contributed by atoms with E-state index in [1.807, 2.05) is 20.8 Å². The van der Waals surface area contributed by atoms with Crippen molar-refractivity contribution in [2.75, 3.05) is 0 Å². The topological polar surface area (TPSA) is 52.3 Å². The van der Waals surface area contributed by atoms with Crippen molar-refractivity contribution in [3.8, 4) is 0 Å². The van der Waals surface area contributed by atoms with E-state index in [1.165, 1.54) is 19.3 Å². The Labute approximate surface area is 116 Å². The number of carbonyl (C=O) groups excluding carboxylic acids is 1. The second kappa shape index (κ2) is 4.21. The SMILES string of the molecule is CC(C)(C)OC(=O)C[C@]12C[C@@H]3C[C@H](C1)C(N)[C@@H](C3)C2. The van der Waals surface area contributed by atoms with Gasteiger partial charge in [0.25, 0.3) is 0 Å². The van der Waals surface area contributed by atoms with E-state index < -0.39 is 0 Å². The van der Waals surface area contributed by atoms with Crippen LogP contribution in [0.3, 0.4) is 0 Å². The van der Waals surface area contributed by atoms with Gasteiger partial charge in [-0.3, -0.25) is 4.79 Å². The van der Waals surface area contributed by atoms with Crippen LogP contribution in [0.15, 0.2) is 0 Å². The summed E-state index contributed by atoms with van der Waals surface area (Å²) < 4.78 is 5.53. The highest BCUT2D eigenvalue weighted by Gasteiger charge is 2.55. The second-order valence-electron chi connectivity index (χ2n) is 8.31. The van der Waals surface area contributed by atoms with Gasteiger partial charge in [0.15, 0.2) is 0 Å². The average Bonchev–Trinajstić information content (AvgIpc) is 2.20. The molecule has 0 aromatic heterocycles. The van der Waals surface area contributed by atoms with Gasteiger partial charge in [-0.2, -0.15) is 0 Å². The van der Waals surface area contributed by atoms with E-state index in [4.69, 9.17) is 10.5 Å². The molecule has 5 atom stereocenters. The van der Waals surface area contributed by atoms with Crippen LogP contribution in [0.5, 0.6) is 0 Å². The lowest BCUT2D eigenvalue weighted by Crippen LogP contribution is -2.57. The smallest absolute Gasteiger partial charge is 0.306 e. The molecule has 4 fully saturated rings. The predicted molar refractivity (Wildman–Crippen MR) is 74.4 cm³/mol. The maximum absolute atomic E-state index is 12.2. The van der Waals surface area contributed by atoms with Gasteiger partial charge in [0, 0.05) is 6.04 Å². The monoisotopic (exact) mass is 265 g/mol. The number of hydrogen-bond donors (Lipinski definition) is 1. The van der Waals surface area contributed by atoms with Crippen LogP contribution in [0, 0.1) is 23.2 Å². The molecule has 4 aliphatic rings. The van der Waals surface area contributed by atoms with Crippen molar-refractivity contribution in [3.05, 3.63) is 0 Å². The van der Waals surface area contributed by atoms with Gasteiger partial charge >= 0.3 is 5.97 Å². The first-order valence-corrected chi connectivity index (χ1v) is 7.74. The highest BCUT2D eigenvalue weighted by molar-refractivity contribution is 5.71. The average molecular weight is 265 g/mol. The molecule has 0 aromatic carbocycles. The number of hydrogen-bond acceptors (Lipinski definition) is 3. The molecule has 0 spiro atoms. The van der Waals surface area contributed by atoms with Crippen LogP contribution >= 0.6 is 0 Å². The highest BCUT2D eigenvalue weighted by Crippen LogP contribution is 2.61. The van der Waals surface area contributed by atoms with Crippen LogP contribution < -0.4 is 5.73 Å². The van der Waals surface area contributed by atoms with Crippen LogP contribution in [0.1, 0.15) is 59.3 Å². The van der Waals surface area contributed by atoms with Gasteiger partial charge in [-0.15, -0.1) is 0 Å². The number of rotatable bonds is 2. The summed E-state index contributed by atoms with van der Waals surface area (Å²) in [5.74, 6) is 2.13. The van der Waals surface area contributed by atoms with Gasteiger partial charge in [0.1, 0.15) is 5.60 Å². The van der Waals surface area contributed by atoms with Gasteiger partial charge in [0.2, 0.25) is 0 Å². The zero-order chi connectivity index (χ0) is 13.8. The third-order valence-electron chi connectivity index (χ3n) is 5.41. The molecule has 3 nitrogen and oxygen atoms in total. The molecule has 4 saturated carbocycles. The Bertz CT molecular complexity index is 369. The summed E-state index contributed by atoms with van der Waals surface area (Å²) in [5.41, 5.74) is 6.19. The molecule has 0 heterocycles. The number of nitrogens with two attached hydrogens (primary N) is 1. The minimum atomic E-state index is -0.365. The minimum Gasteiger partial charge on any atom is -0.460 e. The largest absolute Gasteiger partial charge is 0.460 e. The van der Waals surface area contributed by atoms with Crippen molar-refractivity contribution in [2.24, 2.45) is 28.9 Å². The van der Waals surface area contributed by atoms with Gasteiger partial charge < -0.3 is 10.5 Å². The first-order chi connectivity index (χ1) is 8.76. The molecule has 19 heavy (non-hydrogen) atoms. The van der Waals surface area contributed by atoms with Crippen molar-refractivity contribution >= 4 is 5.97 Å². The Morgan fingerprint density at radius 2 is 1.79 bits per heavy atom. The van der Waals surface area contributed by atoms with Crippen LogP contribution in [0.2, 0.25) is 0 Å². The van der Waals surface area contributed by atoms with E-state index in [-0.39, 0.29) is 17.0 Å². The van der Waals surface area contributed by atoms with E-state index in [9.17, 15) is 4.79 Å². The normalized spacial score (nSPS) is 44.4. The molecule has 0 aromatic rings. The van der Waals surface area contributed by atoms with Crippen LogP contribution in [0.4, 0.5) is 0 Å². The summed E-state index contributed by atoms with van der Waals surface area (Å²) in [6, 6.07) is 0.392. The fourth-order valence-electron chi connectivity index (χ4n) is 5.13. The van der Waals surface area contributed by atoms with Crippen LogP contribution in [0.25, 0.3) is 0 Å². The molecule has 0 saturated heterocycles. The van der Waals surface area contributed by atoms with Gasteiger partial charge in [-0.1, -0.05) is 0 Å². The van der Waals surface area contributed by atoms with Crippen LogP contribution in [-0.4, -0.2) is 17.6 Å². The molecule has 0 radical (unpaired) electrons. The third kappa shape index (κ3) is 2.54. The lowest BCUT2D eigenvalue weighted by atomic mass is 9.47. The van der Waals surface area contributed by atoms with Crippen molar-refractivity contribution < 1.29 is 9.53 Å². The Morgan fingerprint density at radius 3 is 2.32 bits per heavy atom. The summed E-state index contributed by atoms with van der Waals surface area (Å²) in [4.78, 5) is 12.2. The summed E-state index contributed by atoms with van der Waals surface area (Å²) in [7, 11) is 0. The summed E-state index contributed by atoms with van der Waals surface area (Å²) in [5, 5.41) is 0. The molecule has 4 rings (SSSR count). The fraction of sp³-hybridized carbons (Fsp3) is 0.938. The van der Waals surface area contributed by atoms with Crippen molar-refractivity contribution in [2.45, 2.75) is 70.9 Å². The molecule has 0 aliphatic heterocycles. The van der Waals surface area contributed by atoms with E-state index in [0.717, 1.165) is 18.8 Å². The molecule has 0 amide bonds. The minimum absolute atomic E-state index is 0.0111. The first kappa shape index (κ1) is 13.4. The zero-order valence-corrected chi connectivity index (χ0v) is 12.4. The molecule has 4 bridgehead atoms. The summed E-state index contributed by atoms with van der Waals surface area (Å²) in [6.07, 6.45) is 6.74. The molecule has 4 aliphatic carbocycles. The maximum atomic E-state index is 12.2. The van der Waals surface area contributed by atoms with E-state index in [2.05, 4.69) is 0 Å². The third-order valence-corrected chi connectivity index (χ3v) is 5.41. The second-order valence-corrected chi connectivity index (χ2v) is 8.31. The summed E-state index contributed by atoms with van der Waals surface area (Å²) in [6.45, 7) is 5.83. The maximum Gasteiger partial charge on any atom is 0.306 e. The standard InChI is InChI=1S/C16H27NO2/c1-15(2,3)19-13(18)9-16-6-10-4-11(7-16)14(17)12(5-10)8-16/h10-12,14H,4-9,17H2,1-3H3/t10-,11-,12+,14?,16-. The predicted octanol–water partition coefficient (Wildman–Crippen LogP) is 2.87. The van der Waals surface area contributed by atoms with E-state index in [1.54, 1.807) is 0 Å². The molecule has 3 heteroatoms. The Hall–Kier alpha value is -0.570. The van der Waals surface area contributed by atoms with Gasteiger partial charge in [-0.05, 0) is 76.0 Å². The van der Waals surface area contributed by atoms with E-state index in [0.29, 0.717) is 24.3 Å². The Kier molecular flexibility index (Phi) is 2.97. The zero-order valence-electron chi connectivity index (χ0n) is 12.4. The summed E-state index contributed by atoms with van der Waals surface area (Å²) >= 11 is 0. The van der Waals surface area contributed by atoms with E-state index >= 15 is 0 Å². The molecular weight excluding hydrogens is 238 g/mol. The molecular formula is C16H27NO2. The van der Waals surface area contributed by atoms with Gasteiger partial charge in [-0.25, -0.2) is 0 Å². The number of ether oxygens (including phenoxy) is 1. The molecule has 1 unspecified atom stereocenters. The van der Waals surface area contributed by atoms with Crippen molar-refractivity contribution in [1.29, 1.82) is 0 Å². The highest BCUT2D eigenvalue weighted by atomic mass is 16.6. The molecule has 108 valence electrons. The lowest BCUT2D eigenvalue weighted by Gasteiger charge is -2.59. The lowest BCUT2D eigenvalue weighted by molar-refractivity contribution is -0.163. The van der Waals surface area contributed by atoms with Crippen LogP contribution in [-0.2, 0) is 9.53 Å². The Balaban J connectivity index is 1.70. The molecule has 2 N–H and O–H groups in total. The number of carbonyl (C=O) groups is 1.